The van der Waals surface area contributed by atoms with Crippen LogP contribution in [0.3, 0.4) is 0 Å². The van der Waals surface area contributed by atoms with Gasteiger partial charge >= 0.3 is 0 Å². The lowest BCUT2D eigenvalue weighted by Crippen LogP contribution is -2.03. The molecule has 1 aromatic rings. The molecule has 2 nitrogen and oxygen atoms in total. The Hall–Kier alpha value is -0.890. The summed E-state index contributed by atoms with van der Waals surface area (Å²) in [6, 6.07) is 0. The van der Waals surface area contributed by atoms with Crippen molar-refractivity contribution >= 4 is 17.2 Å². The van der Waals surface area contributed by atoms with Crippen LogP contribution in [-0.2, 0) is 0 Å². The topological polar surface area (TPSA) is 25.8 Å². The number of rotatable bonds is 1. The lowest BCUT2D eigenvalue weighted by atomic mass is 9.97. The van der Waals surface area contributed by atoms with Gasteiger partial charge in [0.25, 0.3) is 0 Å². The van der Waals surface area contributed by atoms with E-state index < -0.39 is 0 Å². The van der Waals surface area contributed by atoms with Gasteiger partial charge in [-0.3, -0.25) is 9.97 Å². The smallest absolute Gasteiger partial charge is 0.0842 e. The second kappa shape index (κ2) is 3.88. The van der Waals surface area contributed by atoms with Crippen molar-refractivity contribution < 1.29 is 0 Å². The summed E-state index contributed by atoms with van der Waals surface area (Å²) >= 11 is 6.04. The number of nitrogens with zero attached hydrogens (tertiary/aromatic N) is 2. The van der Waals surface area contributed by atoms with Gasteiger partial charge in [-0.05, 0) is 24.8 Å². The summed E-state index contributed by atoms with van der Waals surface area (Å²) < 4.78 is 0. The van der Waals surface area contributed by atoms with Gasteiger partial charge in [0.05, 0.1) is 17.3 Å². The van der Waals surface area contributed by atoms with E-state index in [1.54, 1.807) is 18.6 Å². The Kier molecular flexibility index (Phi) is 2.60. The molecule has 0 bridgehead atoms. The molecule has 0 spiro atoms. The fourth-order valence-electron chi connectivity index (χ4n) is 1.55. The van der Waals surface area contributed by atoms with Crippen LogP contribution in [0.15, 0.2) is 24.7 Å². The van der Waals surface area contributed by atoms with Gasteiger partial charge < -0.3 is 0 Å². The van der Waals surface area contributed by atoms with Crippen LogP contribution >= 0.6 is 11.6 Å². The summed E-state index contributed by atoms with van der Waals surface area (Å²) in [5.74, 6) is 0. The zero-order valence-electron chi connectivity index (χ0n) is 7.28. The van der Waals surface area contributed by atoms with E-state index in [0.717, 1.165) is 25.0 Å². The number of hydrogen-bond acceptors (Lipinski definition) is 2. The number of halogens is 1. The first-order chi connectivity index (χ1) is 6.36. The molecule has 0 radical (unpaired) electrons. The molecular formula is C10H11ClN2. The predicted octanol–water partition coefficient (Wildman–Crippen LogP) is 2.65. The SMILES string of the molecule is ClC1C=C(c2cnccn2)CCC1. The maximum absolute atomic E-state index is 6.04. The fourth-order valence-corrected chi connectivity index (χ4v) is 1.86. The van der Waals surface area contributed by atoms with E-state index >= 15 is 0 Å². The molecule has 0 aliphatic heterocycles. The van der Waals surface area contributed by atoms with Gasteiger partial charge in [-0.25, -0.2) is 0 Å². The zero-order chi connectivity index (χ0) is 9.10. The van der Waals surface area contributed by atoms with Gasteiger partial charge in [-0.2, -0.15) is 0 Å². The lowest BCUT2D eigenvalue weighted by Gasteiger charge is -2.15. The second-order valence-electron chi connectivity index (χ2n) is 3.19. The minimum absolute atomic E-state index is 0.172. The fraction of sp³-hybridized carbons (Fsp3) is 0.400. The number of aromatic nitrogens is 2. The van der Waals surface area contributed by atoms with Crippen LogP contribution in [0.1, 0.15) is 25.0 Å². The first-order valence-electron chi connectivity index (χ1n) is 4.47. The van der Waals surface area contributed by atoms with Gasteiger partial charge in [-0.15, -0.1) is 11.6 Å². The normalized spacial score (nSPS) is 22.5. The number of hydrogen-bond donors (Lipinski definition) is 0. The summed E-state index contributed by atoms with van der Waals surface area (Å²) in [7, 11) is 0. The van der Waals surface area contributed by atoms with Crippen LogP contribution in [-0.4, -0.2) is 15.3 Å². The summed E-state index contributed by atoms with van der Waals surface area (Å²) in [4.78, 5) is 8.29. The lowest BCUT2D eigenvalue weighted by molar-refractivity contribution is 0.745. The number of allylic oxidation sites excluding steroid dienone is 2. The maximum atomic E-state index is 6.04. The Balaban J connectivity index is 2.26. The van der Waals surface area contributed by atoms with Crippen molar-refractivity contribution in [2.75, 3.05) is 0 Å². The zero-order valence-corrected chi connectivity index (χ0v) is 8.04. The molecule has 0 aromatic carbocycles. The Morgan fingerprint density at radius 3 is 3.00 bits per heavy atom. The van der Waals surface area contributed by atoms with Crippen molar-refractivity contribution in [1.82, 2.24) is 9.97 Å². The van der Waals surface area contributed by atoms with Crippen molar-refractivity contribution in [1.29, 1.82) is 0 Å². The molecule has 2 rings (SSSR count). The molecular weight excluding hydrogens is 184 g/mol. The molecule has 1 unspecified atom stereocenters. The van der Waals surface area contributed by atoms with Gasteiger partial charge in [0.15, 0.2) is 0 Å². The molecule has 1 aromatic heterocycles. The summed E-state index contributed by atoms with van der Waals surface area (Å²) in [6.07, 6.45) is 10.6. The highest BCUT2D eigenvalue weighted by atomic mass is 35.5. The summed E-state index contributed by atoms with van der Waals surface area (Å²) in [5.41, 5.74) is 2.20. The minimum atomic E-state index is 0.172. The highest BCUT2D eigenvalue weighted by Crippen LogP contribution is 2.27. The van der Waals surface area contributed by atoms with Crippen LogP contribution in [0.4, 0.5) is 0 Å². The van der Waals surface area contributed by atoms with E-state index in [1.165, 1.54) is 5.57 Å². The average molecular weight is 195 g/mol. The molecule has 1 atom stereocenters. The molecule has 1 aliphatic carbocycles. The molecule has 0 fully saturated rings. The van der Waals surface area contributed by atoms with E-state index in [0.29, 0.717) is 0 Å². The summed E-state index contributed by atoms with van der Waals surface area (Å²) in [6.45, 7) is 0. The number of alkyl halides is 1. The van der Waals surface area contributed by atoms with Crippen LogP contribution in [0.2, 0.25) is 0 Å². The van der Waals surface area contributed by atoms with E-state index in [-0.39, 0.29) is 5.38 Å². The van der Waals surface area contributed by atoms with Crippen molar-refractivity contribution in [3.63, 3.8) is 0 Å². The van der Waals surface area contributed by atoms with E-state index in [9.17, 15) is 0 Å². The molecule has 0 saturated carbocycles. The summed E-state index contributed by atoms with van der Waals surface area (Å²) in [5, 5.41) is 0.172. The third-order valence-electron chi connectivity index (χ3n) is 2.20. The molecule has 0 saturated heterocycles. The molecule has 1 aliphatic rings. The molecule has 0 N–H and O–H groups in total. The van der Waals surface area contributed by atoms with Crippen LogP contribution in [0, 0.1) is 0 Å². The monoisotopic (exact) mass is 194 g/mol. The van der Waals surface area contributed by atoms with E-state index in [1.807, 2.05) is 0 Å². The van der Waals surface area contributed by atoms with Gasteiger partial charge in [0.1, 0.15) is 0 Å². The van der Waals surface area contributed by atoms with E-state index in [4.69, 9.17) is 11.6 Å². The Bertz CT molecular complexity index is 308. The van der Waals surface area contributed by atoms with E-state index in [2.05, 4.69) is 16.0 Å². The predicted molar refractivity (Wildman–Crippen MR) is 53.5 cm³/mol. The van der Waals surface area contributed by atoms with Crippen LogP contribution < -0.4 is 0 Å². The average Bonchev–Trinajstić information content (AvgIpc) is 2.19. The Morgan fingerprint density at radius 1 is 1.38 bits per heavy atom. The first-order valence-corrected chi connectivity index (χ1v) is 4.91. The van der Waals surface area contributed by atoms with Crippen molar-refractivity contribution in [2.45, 2.75) is 24.6 Å². The highest BCUT2D eigenvalue weighted by Gasteiger charge is 2.12. The molecule has 13 heavy (non-hydrogen) atoms. The largest absolute Gasteiger partial charge is 0.261 e. The molecule has 1 heterocycles. The first kappa shape index (κ1) is 8.70. The molecule has 0 amide bonds. The van der Waals surface area contributed by atoms with Gasteiger partial charge in [0, 0.05) is 12.4 Å². The maximum Gasteiger partial charge on any atom is 0.0842 e. The third-order valence-corrected chi connectivity index (χ3v) is 2.54. The van der Waals surface area contributed by atoms with Gasteiger partial charge in [-0.1, -0.05) is 6.08 Å². The standard InChI is InChI=1S/C10H11ClN2/c11-9-3-1-2-8(6-9)10-7-12-4-5-13-10/h4-7,9H,1-3H2. The quantitative estimate of drug-likeness (QED) is 0.643. The minimum Gasteiger partial charge on any atom is -0.261 e. The third kappa shape index (κ3) is 2.07. The Morgan fingerprint density at radius 2 is 2.31 bits per heavy atom. The molecule has 68 valence electrons. The van der Waals surface area contributed by atoms with Crippen molar-refractivity contribution in [3.05, 3.63) is 30.4 Å². The highest BCUT2D eigenvalue weighted by molar-refractivity contribution is 6.22. The molecule has 3 heteroatoms. The van der Waals surface area contributed by atoms with Crippen molar-refractivity contribution in [3.8, 4) is 0 Å². The van der Waals surface area contributed by atoms with Crippen LogP contribution in [0.5, 0.6) is 0 Å². The van der Waals surface area contributed by atoms with Gasteiger partial charge in [0.2, 0.25) is 0 Å². The Labute approximate surface area is 82.7 Å². The second-order valence-corrected chi connectivity index (χ2v) is 3.75. The van der Waals surface area contributed by atoms with Crippen molar-refractivity contribution in [2.24, 2.45) is 0 Å². The van der Waals surface area contributed by atoms with Crippen LogP contribution in [0.25, 0.3) is 5.57 Å².